The third kappa shape index (κ3) is 3.14. The second kappa shape index (κ2) is 6.20. The molecule has 0 radical (unpaired) electrons. The summed E-state index contributed by atoms with van der Waals surface area (Å²) in [7, 11) is 1.68. The lowest BCUT2D eigenvalue weighted by Crippen LogP contribution is -2.28. The molecule has 3 rings (SSSR count). The minimum absolute atomic E-state index is 0.817. The molecule has 0 aromatic heterocycles. The predicted molar refractivity (Wildman–Crippen MR) is 93.3 cm³/mol. The number of anilines is 2. The van der Waals surface area contributed by atoms with Crippen LogP contribution in [0.15, 0.2) is 45.8 Å². The predicted octanol–water partition coefficient (Wildman–Crippen LogP) is 4.15. The normalized spacial score (nSPS) is 13.9. The molecule has 2 N–H and O–H groups in total. The average Bonchev–Trinajstić information content (AvgIpc) is 2.48. The number of halogens is 1. The molecule has 21 heavy (non-hydrogen) atoms. The summed E-state index contributed by atoms with van der Waals surface area (Å²) in [4.78, 5) is 3.69. The van der Waals surface area contributed by atoms with E-state index in [1.807, 2.05) is 23.9 Å². The highest BCUT2D eigenvalue weighted by atomic mass is 79.9. The lowest BCUT2D eigenvalue weighted by atomic mass is 10.1. The van der Waals surface area contributed by atoms with Gasteiger partial charge in [0, 0.05) is 29.4 Å². The Morgan fingerprint density at radius 2 is 2.14 bits per heavy atom. The van der Waals surface area contributed by atoms with Crippen LogP contribution in [0.2, 0.25) is 0 Å². The van der Waals surface area contributed by atoms with Crippen molar-refractivity contribution >= 4 is 39.1 Å². The first kappa shape index (κ1) is 14.6. The number of rotatable bonds is 3. The molecule has 0 fully saturated rings. The maximum atomic E-state index is 5.94. The summed E-state index contributed by atoms with van der Waals surface area (Å²) in [6.07, 6.45) is 0. The van der Waals surface area contributed by atoms with Gasteiger partial charge in [-0.2, -0.15) is 0 Å². The summed E-state index contributed by atoms with van der Waals surface area (Å²) in [6, 6.07) is 12.4. The van der Waals surface area contributed by atoms with Crippen molar-refractivity contribution in [2.75, 3.05) is 30.0 Å². The molecular weight excluding hydrogens is 348 g/mol. The van der Waals surface area contributed by atoms with Crippen LogP contribution in [0.25, 0.3) is 0 Å². The van der Waals surface area contributed by atoms with E-state index in [9.17, 15) is 0 Å². The van der Waals surface area contributed by atoms with Crippen LogP contribution in [-0.2, 0) is 6.54 Å². The fourth-order valence-electron chi connectivity index (χ4n) is 2.48. The zero-order valence-corrected chi connectivity index (χ0v) is 14.2. The minimum Gasteiger partial charge on any atom is -0.496 e. The van der Waals surface area contributed by atoms with Crippen molar-refractivity contribution in [1.82, 2.24) is 0 Å². The van der Waals surface area contributed by atoms with Gasteiger partial charge in [0.15, 0.2) is 0 Å². The average molecular weight is 365 g/mol. The molecule has 3 nitrogen and oxygen atoms in total. The van der Waals surface area contributed by atoms with E-state index in [1.165, 1.54) is 16.1 Å². The Hall–Kier alpha value is -1.33. The second-order valence-corrected chi connectivity index (χ2v) is 6.96. The summed E-state index contributed by atoms with van der Waals surface area (Å²) in [5.41, 5.74) is 9.24. The molecule has 0 spiro atoms. The van der Waals surface area contributed by atoms with Crippen LogP contribution in [0.4, 0.5) is 11.4 Å². The number of hydrogen-bond donors (Lipinski definition) is 1. The van der Waals surface area contributed by atoms with Gasteiger partial charge in [-0.3, -0.25) is 0 Å². The highest BCUT2D eigenvalue weighted by Crippen LogP contribution is 2.37. The Balaban J connectivity index is 1.86. The summed E-state index contributed by atoms with van der Waals surface area (Å²) in [5, 5.41) is 0. The number of thioether (sulfide) groups is 1. The molecule has 0 saturated carbocycles. The minimum atomic E-state index is 0.817. The maximum Gasteiger partial charge on any atom is 0.133 e. The van der Waals surface area contributed by atoms with E-state index in [0.717, 1.165) is 34.8 Å². The highest BCUT2D eigenvalue weighted by Gasteiger charge is 2.18. The van der Waals surface area contributed by atoms with Gasteiger partial charge in [-0.1, -0.05) is 6.07 Å². The van der Waals surface area contributed by atoms with Crippen molar-refractivity contribution in [3.8, 4) is 5.75 Å². The van der Waals surface area contributed by atoms with E-state index < -0.39 is 0 Å². The van der Waals surface area contributed by atoms with E-state index in [4.69, 9.17) is 10.5 Å². The Kier molecular flexibility index (Phi) is 4.31. The number of benzene rings is 2. The number of fused-ring (bicyclic) bond motifs is 1. The molecule has 1 aliphatic heterocycles. The van der Waals surface area contributed by atoms with Crippen LogP contribution in [0.3, 0.4) is 0 Å². The number of nitrogen functional groups attached to an aromatic ring is 1. The number of ether oxygens (including phenoxy) is 1. The standard InChI is InChI=1S/C16H17BrN2OS/c1-20-15-4-2-11(8-13(15)17)10-19-6-7-21-16-5-3-12(18)9-14(16)19/h2-5,8-9H,6-7,10,18H2,1H3. The zero-order chi connectivity index (χ0) is 14.8. The van der Waals surface area contributed by atoms with E-state index in [0.29, 0.717) is 0 Å². The van der Waals surface area contributed by atoms with Crippen LogP contribution in [-0.4, -0.2) is 19.4 Å². The van der Waals surface area contributed by atoms with Crippen molar-refractivity contribution in [1.29, 1.82) is 0 Å². The lowest BCUT2D eigenvalue weighted by molar-refractivity contribution is 0.412. The van der Waals surface area contributed by atoms with Gasteiger partial charge in [-0.05, 0) is 51.8 Å². The molecule has 0 bridgehead atoms. The van der Waals surface area contributed by atoms with Gasteiger partial charge in [-0.15, -0.1) is 11.8 Å². The molecule has 2 aromatic carbocycles. The lowest BCUT2D eigenvalue weighted by Gasteiger charge is -2.31. The Morgan fingerprint density at radius 3 is 2.90 bits per heavy atom. The first-order chi connectivity index (χ1) is 10.2. The van der Waals surface area contributed by atoms with Gasteiger partial charge in [0.25, 0.3) is 0 Å². The molecule has 0 saturated heterocycles. The monoisotopic (exact) mass is 364 g/mol. The summed E-state index contributed by atoms with van der Waals surface area (Å²) < 4.78 is 6.27. The molecule has 1 aliphatic rings. The summed E-state index contributed by atoms with van der Waals surface area (Å²) >= 11 is 5.44. The van der Waals surface area contributed by atoms with E-state index in [1.54, 1.807) is 7.11 Å². The van der Waals surface area contributed by atoms with Crippen molar-refractivity contribution in [2.24, 2.45) is 0 Å². The van der Waals surface area contributed by atoms with Crippen molar-refractivity contribution in [3.63, 3.8) is 0 Å². The van der Waals surface area contributed by atoms with Gasteiger partial charge in [-0.25, -0.2) is 0 Å². The Bertz CT molecular complexity index is 663. The van der Waals surface area contributed by atoms with E-state index in [-0.39, 0.29) is 0 Å². The van der Waals surface area contributed by atoms with E-state index >= 15 is 0 Å². The molecule has 1 heterocycles. The molecule has 2 aromatic rings. The maximum absolute atomic E-state index is 5.94. The number of nitrogens with two attached hydrogens (primary N) is 1. The molecular formula is C16H17BrN2OS. The third-order valence-electron chi connectivity index (χ3n) is 3.53. The van der Waals surface area contributed by atoms with Gasteiger partial charge < -0.3 is 15.4 Å². The van der Waals surface area contributed by atoms with Crippen LogP contribution >= 0.6 is 27.7 Å². The topological polar surface area (TPSA) is 38.5 Å². The smallest absolute Gasteiger partial charge is 0.133 e. The number of methoxy groups -OCH3 is 1. The zero-order valence-electron chi connectivity index (χ0n) is 11.8. The second-order valence-electron chi connectivity index (χ2n) is 4.97. The first-order valence-electron chi connectivity index (χ1n) is 6.77. The molecule has 0 atom stereocenters. The van der Waals surface area contributed by atoms with E-state index in [2.05, 4.69) is 45.1 Å². The van der Waals surface area contributed by atoms with Crippen LogP contribution in [0.5, 0.6) is 5.75 Å². The van der Waals surface area contributed by atoms with Crippen molar-refractivity contribution in [3.05, 3.63) is 46.4 Å². The molecule has 0 amide bonds. The SMILES string of the molecule is COc1ccc(CN2CCSc3ccc(N)cc32)cc1Br. The van der Waals surface area contributed by atoms with Crippen LogP contribution < -0.4 is 15.4 Å². The van der Waals surface area contributed by atoms with Crippen LogP contribution in [0.1, 0.15) is 5.56 Å². The fourth-order valence-corrected chi connectivity index (χ4v) is 4.10. The number of nitrogens with zero attached hydrogens (tertiary/aromatic N) is 1. The number of hydrogen-bond acceptors (Lipinski definition) is 4. The molecule has 0 aliphatic carbocycles. The Morgan fingerprint density at radius 1 is 1.29 bits per heavy atom. The highest BCUT2D eigenvalue weighted by molar-refractivity contribution is 9.10. The third-order valence-corrected chi connectivity index (χ3v) is 5.19. The van der Waals surface area contributed by atoms with Crippen molar-refractivity contribution in [2.45, 2.75) is 11.4 Å². The van der Waals surface area contributed by atoms with Gasteiger partial charge in [0.1, 0.15) is 5.75 Å². The van der Waals surface area contributed by atoms with Gasteiger partial charge >= 0.3 is 0 Å². The molecule has 5 heteroatoms. The van der Waals surface area contributed by atoms with Gasteiger partial charge in [0.05, 0.1) is 17.3 Å². The van der Waals surface area contributed by atoms with Crippen LogP contribution in [0, 0.1) is 0 Å². The van der Waals surface area contributed by atoms with Crippen molar-refractivity contribution < 1.29 is 4.74 Å². The molecule has 110 valence electrons. The van der Waals surface area contributed by atoms with Gasteiger partial charge in [0.2, 0.25) is 0 Å². The summed E-state index contributed by atoms with van der Waals surface area (Å²) in [6.45, 7) is 1.91. The fraction of sp³-hybridized carbons (Fsp3) is 0.250. The first-order valence-corrected chi connectivity index (χ1v) is 8.55. The quantitative estimate of drug-likeness (QED) is 0.830. The summed E-state index contributed by atoms with van der Waals surface area (Å²) in [5.74, 6) is 1.96. The Labute approximate surface area is 137 Å². The largest absolute Gasteiger partial charge is 0.496 e. The molecule has 0 unspecified atom stereocenters.